The van der Waals surface area contributed by atoms with Crippen LogP contribution in [0.4, 0.5) is 0 Å². The van der Waals surface area contributed by atoms with Crippen molar-refractivity contribution in [1.29, 1.82) is 0 Å². The van der Waals surface area contributed by atoms with E-state index in [1.54, 1.807) is 0 Å². The second kappa shape index (κ2) is 6.95. The van der Waals surface area contributed by atoms with Crippen LogP contribution in [0.2, 0.25) is 0 Å². The Hall–Kier alpha value is 0.270. The topological polar surface area (TPSA) is 86.7 Å². The molecule has 1 fully saturated rings. The highest BCUT2D eigenvalue weighted by Crippen LogP contribution is 2.14. The molecule has 1 aliphatic carbocycles. The molecule has 0 aromatic rings. The van der Waals surface area contributed by atoms with Crippen LogP contribution in [0.5, 0.6) is 0 Å². The largest absolute Gasteiger partial charge is 0.328 e. The summed E-state index contributed by atoms with van der Waals surface area (Å²) in [5.41, 5.74) is 5.63. The second-order valence-corrected chi connectivity index (χ2v) is 3.20. The van der Waals surface area contributed by atoms with Gasteiger partial charge in [-0.2, -0.15) is 0 Å². The summed E-state index contributed by atoms with van der Waals surface area (Å²) in [5, 5.41) is 0. The van der Waals surface area contributed by atoms with Gasteiger partial charge in [-0.05, 0) is 12.8 Å². The fourth-order valence-corrected chi connectivity index (χ4v) is 1.13. The first kappa shape index (κ1) is 11.3. The molecule has 0 spiro atoms. The molecule has 1 rings (SSSR count). The average molecular weight is 181 g/mol. The molecule has 0 heterocycles. The van der Waals surface area contributed by atoms with Gasteiger partial charge in [0.2, 0.25) is 0 Å². The van der Waals surface area contributed by atoms with Crippen LogP contribution < -0.4 is 5.73 Å². The van der Waals surface area contributed by atoms with Gasteiger partial charge in [0.1, 0.15) is 0 Å². The van der Waals surface area contributed by atoms with Gasteiger partial charge in [-0.15, -0.1) is 0 Å². The molecule has 0 atom stereocenters. The molecule has 0 bridgehead atoms. The highest BCUT2D eigenvalue weighted by atomic mass is 31.2. The van der Waals surface area contributed by atoms with E-state index in [-0.39, 0.29) is 0 Å². The summed E-state index contributed by atoms with van der Waals surface area (Å²) < 4.78 is 0. The van der Waals surface area contributed by atoms with E-state index < -0.39 is 8.60 Å². The lowest BCUT2D eigenvalue weighted by Crippen LogP contribution is -2.22. The van der Waals surface area contributed by atoms with Crippen molar-refractivity contribution in [2.75, 3.05) is 0 Å². The van der Waals surface area contributed by atoms with Crippen LogP contribution in [0.15, 0.2) is 0 Å². The Labute approximate surface area is 68.0 Å². The van der Waals surface area contributed by atoms with Crippen LogP contribution in [0.1, 0.15) is 32.1 Å². The normalized spacial score (nSPS) is 19.4. The molecular formula is C6H16NO3P. The number of hydrogen-bond donors (Lipinski definition) is 4. The molecule has 5 N–H and O–H groups in total. The second-order valence-electron chi connectivity index (χ2n) is 2.67. The Kier molecular flexibility index (Phi) is 7.12. The Morgan fingerprint density at radius 3 is 1.55 bits per heavy atom. The summed E-state index contributed by atoms with van der Waals surface area (Å²) in [6.45, 7) is 0. The van der Waals surface area contributed by atoms with Crippen molar-refractivity contribution in [2.24, 2.45) is 5.73 Å². The maximum atomic E-state index is 7.23. The minimum atomic E-state index is -2.62. The standard InChI is InChI=1S/C6H13N.H3O3P/c7-6-4-2-1-3-5-6;1-4(2)3/h6H,1-5,7H2;1-3H. The third-order valence-corrected chi connectivity index (χ3v) is 1.65. The minimum Gasteiger partial charge on any atom is -0.328 e. The molecule has 1 saturated carbocycles. The van der Waals surface area contributed by atoms with E-state index in [0.717, 1.165) is 0 Å². The summed E-state index contributed by atoms with van der Waals surface area (Å²) in [6, 6.07) is 0.536. The smallest absolute Gasteiger partial charge is 0.324 e. The first-order valence-corrected chi connectivity index (χ1v) is 4.95. The zero-order valence-corrected chi connectivity index (χ0v) is 7.37. The van der Waals surface area contributed by atoms with Gasteiger partial charge in [-0.25, -0.2) is 0 Å². The van der Waals surface area contributed by atoms with Crippen LogP contribution in [0, 0.1) is 0 Å². The molecule has 68 valence electrons. The van der Waals surface area contributed by atoms with Crippen LogP contribution in [-0.2, 0) is 0 Å². The molecule has 0 unspecified atom stereocenters. The van der Waals surface area contributed by atoms with E-state index in [1.807, 2.05) is 0 Å². The highest BCUT2D eigenvalue weighted by molar-refractivity contribution is 7.38. The molecule has 0 aromatic carbocycles. The Bertz CT molecular complexity index is 83.1. The zero-order chi connectivity index (χ0) is 8.69. The van der Waals surface area contributed by atoms with Gasteiger partial charge < -0.3 is 20.4 Å². The Morgan fingerprint density at radius 1 is 1.00 bits per heavy atom. The van der Waals surface area contributed by atoms with Gasteiger partial charge in [0, 0.05) is 6.04 Å². The monoisotopic (exact) mass is 181 g/mol. The molecule has 0 radical (unpaired) electrons. The van der Waals surface area contributed by atoms with Crippen molar-refractivity contribution < 1.29 is 14.7 Å². The van der Waals surface area contributed by atoms with Crippen molar-refractivity contribution >= 4 is 8.60 Å². The van der Waals surface area contributed by atoms with E-state index >= 15 is 0 Å². The fraction of sp³-hybridized carbons (Fsp3) is 1.00. The predicted octanol–water partition coefficient (Wildman–Crippen LogP) is 0.468. The van der Waals surface area contributed by atoms with Gasteiger partial charge in [-0.1, -0.05) is 19.3 Å². The first-order chi connectivity index (χ1) is 5.13. The minimum absolute atomic E-state index is 0.536. The first-order valence-electron chi connectivity index (χ1n) is 3.75. The van der Waals surface area contributed by atoms with E-state index in [2.05, 4.69) is 0 Å². The molecule has 0 amide bonds. The van der Waals surface area contributed by atoms with Crippen molar-refractivity contribution in [3.63, 3.8) is 0 Å². The van der Waals surface area contributed by atoms with Crippen molar-refractivity contribution in [3.8, 4) is 0 Å². The molecule has 11 heavy (non-hydrogen) atoms. The van der Waals surface area contributed by atoms with E-state index in [9.17, 15) is 0 Å². The average Bonchev–Trinajstić information content (AvgIpc) is 1.87. The maximum absolute atomic E-state index is 7.23. The number of nitrogens with two attached hydrogens (primary N) is 1. The van der Waals surface area contributed by atoms with Crippen LogP contribution in [0.25, 0.3) is 0 Å². The molecule has 4 nitrogen and oxygen atoms in total. The van der Waals surface area contributed by atoms with Crippen molar-refractivity contribution in [1.82, 2.24) is 0 Å². The summed E-state index contributed by atoms with van der Waals surface area (Å²) in [5.74, 6) is 0. The molecule has 0 aliphatic heterocycles. The quantitative estimate of drug-likeness (QED) is 0.409. The lowest BCUT2D eigenvalue weighted by molar-refractivity contribution is 0.368. The summed E-state index contributed by atoms with van der Waals surface area (Å²) in [6.07, 6.45) is 6.66. The SMILES string of the molecule is NC1CCCCC1.OP(O)O. The lowest BCUT2D eigenvalue weighted by Gasteiger charge is -2.15. The zero-order valence-electron chi connectivity index (χ0n) is 6.48. The van der Waals surface area contributed by atoms with Crippen LogP contribution in [0.3, 0.4) is 0 Å². The van der Waals surface area contributed by atoms with Crippen LogP contribution in [-0.4, -0.2) is 20.7 Å². The van der Waals surface area contributed by atoms with Gasteiger partial charge in [0.25, 0.3) is 0 Å². The summed E-state index contributed by atoms with van der Waals surface area (Å²) >= 11 is 0. The molecule has 0 aromatic heterocycles. The number of hydrogen-bond acceptors (Lipinski definition) is 4. The van der Waals surface area contributed by atoms with Crippen LogP contribution >= 0.6 is 8.60 Å². The summed E-state index contributed by atoms with van der Waals surface area (Å²) in [4.78, 5) is 21.7. The van der Waals surface area contributed by atoms with Crippen molar-refractivity contribution in [2.45, 2.75) is 38.1 Å². The maximum Gasteiger partial charge on any atom is 0.324 e. The van der Waals surface area contributed by atoms with E-state index in [0.29, 0.717) is 6.04 Å². The van der Waals surface area contributed by atoms with Gasteiger partial charge in [-0.3, -0.25) is 0 Å². The number of rotatable bonds is 0. The molecule has 5 heteroatoms. The van der Waals surface area contributed by atoms with Gasteiger partial charge in [0.15, 0.2) is 0 Å². The molecular weight excluding hydrogens is 165 g/mol. The van der Waals surface area contributed by atoms with E-state index in [1.165, 1.54) is 32.1 Å². The highest BCUT2D eigenvalue weighted by Gasteiger charge is 2.06. The predicted molar refractivity (Wildman–Crippen MR) is 44.6 cm³/mol. The van der Waals surface area contributed by atoms with Gasteiger partial charge >= 0.3 is 8.60 Å². The Balaban J connectivity index is 0.000000218. The Morgan fingerprint density at radius 2 is 1.36 bits per heavy atom. The summed E-state index contributed by atoms with van der Waals surface area (Å²) in [7, 11) is -2.62. The molecule has 0 saturated heterocycles. The fourth-order valence-electron chi connectivity index (χ4n) is 1.13. The molecule has 1 aliphatic rings. The van der Waals surface area contributed by atoms with Gasteiger partial charge in [0.05, 0.1) is 0 Å². The lowest BCUT2D eigenvalue weighted by atomic mass is 9.97. The third-order valence-electron chi connectivity index (χ3n) is 1.65. The van der Waals surface area contributed by atoms with E-state index in [4.69, 9.17) is 20.4 Å². The van der Waals surface area contributed by atoms with Crippen molar-refractivity contribution in [3.05, 3.63) is 0 Å². The third kappa shape index (κ3) is 10.3.